The van der Waals surface area contributed by atoms with Crippen molar-refractivity contribution in [2.45, 2.75) is 13.5 Å². The molecule has 0 N–H and O–H groups in total. The Labute approximate surface area is 135 Å². The first-order chi connectivity index (χ1) is 10.8. The molecule has 0 bridgehead atoms. The first-order valence-electron chi connectivity index (χ1n) is 6.61. The molecule has 8 heteroatoms. The van der Waals surface area contributed by atoms with Crippen LogP contribution < -0.4 is 23.2 Å². The van der Waals surface area contributed by atoms with Crippen LogP contribution in [-0.4, -0.2) is 12.6 Å². The molecule has 0 atom stereocenters. The van der Waals surface area contributed by atoms with Crippen LogP contribution in [0.15, 0.2) is 54.9 Å². The third-order valence-corrected chi connectivity index (χ3v) is 2.62. The summed E-state index contributed by atoms with van der Waals surface area (Å²) in [5, 5.41) is 0. The summed E-state index contributed by atoms with van der Waals surface area (Å²) >= 11 is 0. The van der Waals surface area contributed by atoms with Crippen molar-refractivity contribution in [3.63, 3.8) is 0 Å². The average molecular weight is 342 g/mol. The van der Waals surface area contributed by atoms with E-state index in [-0.39, 0.29) is 12.5 Å². The third-order valence-electron chi connectivity index (χ3n) is 2.62. The van der Waals surface area contributed by atoms with Crippen molar-refractivity contribution in [2.24, 2.45) is 0 Å². The zero-order valence-electron chi connectivity index (χ0n) is 12.4. The monoisotopic (exact) mass is 341 g/mol. The van der Waals surface area contributed by atoms with Crippen LogP contribution in [0.5, 0.6) is 0 Å². The predicted octanol–water partition coefficient (Wildman–Crippen LogP) is -2.55. The lowest BCUT2D eigenvalue weighted by Crippen LogP contribution is -2.68. The molecule has 0 saturated heterocycles. The number of carbonyl (C=O) groups is 1. The highest BCUT2D eigenvalue weighted by Gasteiger charge is 2.09. The zero-order chi connectivity index (χ0) is 17.3. The largest absolute Gasteiger partial charge is 0.461 e. The lowest BCUT2D eigenvalue weighted by Gasteiger charge is -2.17. The summed E-state index contributed by atoms with van der Waals surface area (Å²) in [7, 11) is -4.94. The highest BCUT2D eigenvalue weighted by atomic mass is 35.7. The molecule has 1 aromatic heterocycles. The number of pyridine rings is 1. The van der Waals surface area contributed by atoms with Crippen molar-refractivity contribution in [1.82, 2.24) is 0 Å². The summed E-state index contributed by atoms with van der Waals surface area (Å²) < 4.78 is 40.7. The normalized spacial score (nSPS) is 10.5. The van der Waals surface area contributed by atoms with Gasteiger partial charge in [0.05, 0.1) is 6.61 Å². The molecular formula is C15H16ClNO6. The number of aromatic nitrogens is 1. The highest BCUT2D eigenvalue weighted by molar-refractivity contribution is 5.67. The van der Waals surface area contributed by atoms with Gasteiger partial charge in [0.15, 0.2) is 12.4 Å². The number of rotatable bonds is 4. The van der Waals surface area contributed by atoms with Crippen molar-refractivity contribution in [1.29, 1.82) is 0 Å². The number of esters is 1. The fraction of sp³-hybridized carbons (Fsp3) is 0.200. The predicted molar refractivity (Wildman–Crippen MR) is 68.7 cm³/mol. The number of hydrogen-bond acceptors (Lipinski definition) is 6. The molecule has 124 valence electrons. The lowest BCUT2D eigenvalue weighted by atomic mass is 10.1. The van der Waals surface area contributed by atoms with Crippen molar-refractivity contribution in [3.05, 3.63) is 54.9 Å². The van der Waals surface area contributed by atoms with Gasteiger partial charge in [0.2, 0.25) is 6.54 Å². The Kier molecular flexibility index (Phi) is 7.60. The van der Waals surface area contributed by atoms with E-state index >= 15 is 0 Å². The smallest absolute Gasteiger partial charge is 0.372 e. The van der Waals surface area contributed by atoms with Crippen LogP contribution in [0, 0.1) is 10.2 Å². The van der Waals surface area contributed by atoms with Gasteiger partial charge in [-0.25, -0.2) is 23.4 Å². The van der Waals surface area contributed by atoms with Crippen molar-refractivity contribution < 1.29 is 43.0 Å². The van der Waals surface area contributed by atoms with E-state index in [9.17, 15) is 4.79 Å². The standard InChI is InChI=1S/C15H16NO2.ClHO4/c1-2-18-15(17)12-16-10-8-14(9-11-16)13-6-4-3-5-7-13;2-1(3,4)5/h3-11H,2,12H2,1H3;(H,2,3,4,5)/q+1;/p-1. The minimum absolute atomic E-state index is 0.213. The molecule has 0 aliphatic carbocycles. The fourth-order valence-electron chi connectivity index (χ4n) is 1.74. The maximum atomic E-state index is 11.3. The SMILES string of the molecule is CCOC(=O)C[n+]1ccc(-c2ccccc2)cc1.[O-][Cl+3]([O-])([O-])[O-]. The van der Waals surface area contributed by atoms with Gasteiger partial charge in [-0.1, -0.05) is 30.3 Å². The second-order valence-electron chi connectivity index (χ2n) is 4.31. The number of hydrogen-bond donors (Lipinski definition) is 0. The molecule has 2 rings (SSSR count). The van der Waals surface area contributed by atoms with Gasteiger partial charge in [-0.3, -0.25) is 0 Å². The molecule has 1 heterocycles. The first kappa shape index (κ1) is 19.0. The van der Waals surface area contributed by atoms with E-state index in [4.69, 9.17) is 23.4 Å². The van der Waals surface area contributed by atoms with Gasteiger partial charge in [0, 0.05) is 12.1 Å². The molecule has 7 nitrogen and oxygen atoms in total. The first-order valence-corrected chi connectivity index (χ1v) is 7.85. The highest BCUT2D eigenvalue weighted by Crippen LogP contribution is 2.16. The maximum Gasteiger partial charge on any atom is 0.372 e. The van der Waals surface area contributed by atoms with E-state index < -0.39 is 10.2 Å². The zero-order valence-corrected chi connectivity index (χ0v) is 13.1. The Hall–Kier alpha value is -2.03. The van der Waals surface area contributed by atoms with Crippen LogP contribution in [-0.2, 0) is 16.1 Å². The summed E-state index contributed by atoms with van der Waals surface area (Å²) in [6, 6.07) is 14.1. The van der Waals surface area contributed by atoms with Gasteiger partial charge < -0.3 is 4.74 Å². The van der Waals surface area contributed by atoms with E-state index in [1.54, 1.807) is 6.92 Å². The van der Waals surface area contributed by atoms with Gasteiger partial charge in [0.25, 0.3) is 0 Å². The van der Waals surface area contributed by atoms with Gasteiger partial charge in [-0.15, -0.1) is 10.2 Å². The second-order valence-corrected chi connectivity index (χ2v) is 5.06. The number of benzene rings is 1. The minimum Gasteiger partial charge on any atom is -0.461 e. The van der Waals surface area contributed by atoms with Gasteiger partial charge in [0.1, 0.15) is 0 Å². The average Bonchev–Trinajstić information content (AvgIpc) is 2.47. The van der Waals surface area contributed by atoms with Crippen LogP contribution >= 0.6 is 0 Å². The summed E-state index contributed by atoms with van der Waals surface area (Å²) in [4.78, 5) is 11.3. The molecule has 0 radical (unpaired) electrons. The van der Waals surface area contributed by atoms with Crippen molar-refractivity contribution in [2.75, 3.05) is 6.61 Å². The number of halogens is 1. The Bertz CT molecular complexity index is 592. The molecule has 23 heavy (non-hydrogen) atoms. The quantitative estimate of drug-likeness (QED) is 0.445. The number of carbonyl (C=O) groups excluding carboxylic acids is 1. The van der Waals surface area contributed by atoms with Crippen LogP contribution in [0.25, 0.3) is 11.1 Å². The Morgan fingerprint density at radius 1 is 1.00 bits per heavy atom. The number of nitrogens with zero attached hydrogens (tertiary/aromatic N) is 1. The molecule has 0 spiro atoms. The van der Waals surface area contributed by atoms with Crippen molar-refractivity contribution in [3.8, 4) is 11.1 Å². The molecule has 0 unspecified atom stereocenters. The Morgan fingerprint density at radius 2 is 1.48 bits per heavy atom. The van der Waals surface area contributed by atoms with E-state index in [0.717, 1.165) is 5.56 Å². The van der Waals surface area contributed by atoms with Crippen LogP contribution in [0.2, 0.25) is 0 Å². The van der Waals surface area contributed by atoms with Crippen molar-refractivity contribution >= 4 is 5.97 Å². The third kappa shape index (κ3) is 8.87. The van der Waals surface area contributed by atoms with E-state index in [1.165, 1.54) is 5.56 Å². The van der Waals surface area contributed by atoms with Gasteiger partial charge in [-0.05, 0) is 18.1 Å². The van der Waals surface area contributed by atoms with E-state index in [1.807, 2.05) is 47.3 Å². The molecule has 0 fully saturated rings. The van der Waals surface area contributed by atoms with E-state index in [2.05, 4.69) is 12.1 Å². The molecule has 0 saturated carbocycles. The molecule has 1 aromatic carbocycles. The van der Waals surface area contributed by atoms with Crippen LogP contribution in [0.4, 0.5) is 0 Å². The number of ether oxygens (including phenoxy) is 1. The Balaban J connectivity index is 0.000000463. The summed E-state index contributed by atoms with van der Waals surface area (Å²) in [6.07, 6.45) is 3.78. The second kappa shape index (κ2) is 9.19. The maximum absolute atomic E-state index is 11.3. The Morgan fingerprint density at radius 3 is 1.96 bits per heavy atom. The fourth-order valence-corrected chi connectivity index (χ4v) is 1.74. The minimum atomic E-state index is -4.94. The molecule has 0 aliphatic heterocycles. The molecule has 2 aromatic rings. The van der Waals surface area contributed by atoms with Gasteiger partial charge >= 0.3 is 5.97 Å². The van der Waals surface area contributed by atoms with Crippen LogP contribution in [0.3, 0.4) is 0 Å². The van der Waals surface area contributed by atoms with Crippen LogP contribution in [0.1, 0.15) is 6.92 Å². The topological polar surface area (TPSA) is 122 Å². The summed E-state index contributed by atoms with van der Waals surface area (Å²) in [5.74, 6) is -0.213. The molecule has 0 aliphatic rings. The summed E-state index contributed by atoms with van der Waals surface area (Å²) in [6.45, 7) is 2.48. The van der Waals surface area contributed by atoms with Gasteiger partial charge in [-0.2, -0.15) is 4.57 Å². The van der Waals surface area contributed by atoms with E-state index in [0.29, 0.717) is 6.61 Å². The molecule has 0 amide bonds. The summed E-state index contributed by atoms with van der Waals surface area (Å²) in [5.41, 5.74) is 2.30. The molecular weight excluding hydrogens is 326 g/mol. The lowest BCUT2D eigenvalue weighted by molar-refractivity contribution is -2.00.